The van der Waals surface area contributed by atoms with Crippen LogP contribution in [0.25, 0.3) is 0 Å². The number of hydrogen-bond donors (Lipinski definition) is 1. The van der Waals surface area contributed by atoms with E-state index in [-0.39, 0.29) is 0 Å². The van der Waals surface area contributed by atoms with Crippen LogP contribution in [0.1, 0.15) is 12.5 Å². The molecule has 0 fully saturated rings. The highest BCUT2D eigenvalue weighted by Gasteiger charge is 2.02. The van der Waals surface area contributed by atoms with Crippen molar-refractivity contribution in [3.63, 3.8) is 0 Å². The van der Waals surface area contributed by atoms with Gasteiger partial charge in [-0.15, -0.1) is 0 Å². The number of anilines is 1. The third-order valence-corrected chi connectivity index (χ3v) is 1.81. The summed E-state index contributed by atoms with van der Waals surface area (Å²) >= 11 is 3.28. The molecule has 1 N–H and O–H groups in total. The quantitative estimate of drug-likeness (QED) is 0.794. The van der Waals surface area contributed by atoms with Crippen LogP contribution in [0.2, 0.25) is 0 Å². The van der Waals surface area contributed by atoms with Gasteiger partial charge in [0.2, 0.25) is 0 Å². The zero-order valence-corrected chi connectivity index (χ0v) is 8.52. The van der Waals surface area contributed by atoms with Crippen molar-refractivity contribution in [2.75, 3.05) is 5.32 Å². The highest BCUT2D eigenvalue weighted by Crippen LogP contribution is 2.17. The number of aromatic nitrogens is 1. The van der Waals surface area contributed by atoms with E-state index in [1.807, 2.05) is 13.0 Å². The predicted octanol–water partition coefficient (Wildman–Crippen LogP) is 2.88. The Balaban J connectivity index is 2.86. The predicted molar refractivity (Wildman–Crippen MR) is 50.9 cm³/mol. The molecule has 66 valence electrons. The molecule has 0 aliphatic carbocycles. The Hall–Kier alpha value is -0.640. The summed E-state index contributed by atoms with van der Waals surface area (Å²) in [7, 11) is 0. The van der Waals surface area contributed by atoms with Gasteiger partial charge >= 0.3 is 0 Å². The largest absolute Gasteiger partial charge is 0.341 e. The van der Waals surface area contributed by atoms with E-state index >= 15 is 0 Å². The van der Waals surface area contributed by atoms with Gasteiger partial charge in [-0.25, -0.2) is 9.37 Å². The minimum absolute atomic E-state index is 0.591. The number of halogens is 2. The summed E-state index contributed by atoms with van der Waals surface area (Å²) in [6.45, 7) is 3.31. The number of hydrogen-bond acceptors (Lipinski definition) is 2. The fourth-order valence-corrected chi connectivity index (χ4v) is 1.33. The second-order valence-electron chi connectivity index (χ2n) is 2.58. The minimum atomic E-state index is -1.07. The summed E-state index contributed by atoms with van der Waals surface area (Å²) in [5.74, 6) is 0.591. The van der Waals surface area contributed by atoms with Crippen LogP contribution in [-0.4, -0.2) is 11.3 Å². The first-order chi connectivity index (χ1) is 5.59. The summed E-state index contributed by atoms with van der Waals surface area (Å²) in [5.41, 5.74) is 0.925. The van der Waals surface area contributed by atoms with Gasteiger partial charge in [0.1, 0.15) is 5.82 Å². The van der Waals surface area contributed by atoms with Crippen LogP contribution in [-0.2, 0) is 0 Å². The molecule has 0 aliphatic heterocycles. The molecule has 12 heavy (non-hydrogen) atoms. The zero-order chi connectivity index (χ0) is 9.14. The fraction of sp³-hybridized carbons (Fsp3) is 0.375. The topological polar surface area (TPSA) is 24.9 Å². The van der Waals surface area contributed by atoms with Crippen LogP contribution in [0.4, 0.5) is 10.2 Å². The molecule has 4 heteroatoms. The molecule has 0 spiro atoms. The van der Waals surface area contributed by atoms with Gasteiger partial charge in [-0.05, 0) is 41.4 Å². The van der Waals surface area contributed by atoms with Gasteiger partial charge in [0.15, 0.2) is 6.30 Å². The second-order valence-corrected chi connectivity index (χ2v) is 3.50. The van der Waals surface area contributed by atoms with Crippen molar-refractivity contribution in [3.05, 3.63) is 22.3 Å². The van der Waals surface area contributed by atoms with E-state index in [1.165, 1.54) is 6.92 Å². The van der Waals surface area contributed by atoms with Crippen molar-refractivity contribution in [2.45, 2.75) is 20.1 Å². The Morgan fingerprint density at radius 3 is 2.83 bits per heavy atom. The Labute approximate surface area is 79.3 Å². The number of rotatable bonds is 2. The molecule has 2 nitrogen and oxygen atoms in total. The molecule has 1 rings (SSSR count). The SMILES string of the molecule is Cc1cc(Br)cnc1NC(C)F. The average molecular weight is 233 g/mol. The number of pyridine rings is 1. The average Bonchev–Trinajstić information content (AvgIpc) is 1.94. The first-order valence-corrected chi connectivity index (χ1v) is 4.41. The number of alkyl halides is 1. The monoisotopic (exact) mass is 232 g/mol. The number of aryl methyl sites for hydroxylation is 1. The van der Waals surface area contributed by atoms with Crippen LogP contribution in [0.15, 0.2) is 16.7 Å². The van der Waals surface area contributed by atoms with Gasteiger partial charge in [0.25, 0.3) is 0 Å². The van der Waals surface area contributed by atoms with Crippen LogP contribution in [0, 0.1) is 6.92 Å². The molecule has 0 saturated carbocycles. The molecule has 0 aromatic carbocycles. The van der Waals surface area contributed by atoms with E-state index < -0.39 is 6.30 Å². The lowest BCUT2D eigenvalue weighted by molar-refractivity contribution is 0.401. The van der Waals surface area contributed by atoms with Crippen molar-refractivity contribution in [1.29, 1.82) is 0 Å². The van der Waals surface area contributed by atoms with Gasteiger partial charge < -0.3 is 5.32 Å². The maximum Gasteiger partial charge on any atom is 0.168 e. The van der Waals surface area contributed by atoms with Crippen LogP contribution in [0.3, 0.4) is 0 Å². The Morgan fingerprint density at radius 1 is 1.67 bits per heavy atom. The van der Waals surface area contributed by atoms with Gasteiger partial charge in [-0.3, -0.25) is 0 Å². The summed E-state index contributed by atoms with van der Waals surface area (Å²) in [6, 6.07) is 1.89. The highest BCUT2D eigenvalue weighted by molar-refractivity contribution is 9.10. The van der Waals surface area contributed by atoms with Crippen molar-refractivity contribution < 1.29 is 4.39 Å². The van der Waals surface area contributed by atoms with Gasteiger partial charge in [-0.2, -0.15) is 0 Å². The standard InChI is InChI=1S/C8H10BrFN2/c1-5-3-7(9)4-11-8(5)12-6(2)10/h3-4,6H,1-2H3,(H,11,12). The van der Waals surface area contributed by atoms with Gasteiger partial charge in [0.05, 0.1) is 0 Å². The Morgan fingerprint density at radius 2 is 2.33 bits per heavy atom. The van der Waals surface area contributed by atoms with E-state index in [1.54, 1.807) is 6.20 Å². The van der Waals surface area contributed by atoms with Gasteiger partial charge in [0, 0.05) is 10.7 Å². The zero-order valence-electron chi connectivity index (χ0n) is 6.94. The van der Waals surface area contributed by atoms with E-state index in [2.05, 4.69) is 26.2 Å². The van der Waals surface area contributed by atoms with Crippen molar-refractivity contribution in [2.24, 2.45) is 0 Å². The van der Waals surface area contributed by atoms with Crippen molar-refractivity contribution in [1.82, 2.24) is 4.98 Å². The highest BCUT2D eigenvalue weighted by atomic mass is 79.9. The second kappa shape index (κ2) is 3.85. The van der Waals surface area contributed by atoms with Crippen LogP contribution >= 0.6 is 15.9 Å². The molecular formula is C8H10BrFN2. The molecule has 1 atom stereocenters. The van der Waals surface area contributed by atoms with Crippen LogP contribution in [0.5, 0.6) is 0 Å². The maximum atomic E-state index is 12.5. The van der Waals surface area contributed by atoms with Crippen molar-refractivity contribution >= 4 is 21.7 Å². The summed E-state index contributed by atoms with van der Waals surface area (Å²) in [6.07, 6.45) is 0.565. The first-order valence-electron chi connectivity index (χ1n) is 3.62. The molecule has 1 aromatic rings. The molecule has 1 unspecified atom stereocenters. The third kappa shape index (κ3) is 2.44. The van der Waals surface area contributed by atoms with Gasteiger partial charge in [-0.1, -0.05) is 0 Å². The summed E-state index contributed by atoms with van der Waals surface area (Å²) in [4.78, 5) is 4.02. The number of nitrogens with zero attached hydrogens (tertiary/aromatic N) is 1. The normalized spacial score (nSPS) is 12.7. The molecule has 0 aliphatic rings. The Bertz CT molecular complexity index is 276. The molecular weight excluding hydrogens is 223 g/mol. The molecule has 1 heterocycles. The first kappa shape index (κ1) is 9.45. The molecule has 0 saturated heterocycles. The Kier molecular flexibility index (Phi) is 3.03. The molecule has 0 radical (unpaired) electrons. The fourth-order valence-electron chi connectivity index (χ4n) is 0.880. The molecule has 0 bridgehead atoms. The summed E-state index contributed by atoms with van der Waals surface area (Å²) in [5, 5.41) is 2.60. The molecule has 0 amide bonds. The van der Waals surface area contributed by atoms with E-state index in [4.69, 9.17) is 0 Å². The lowest BCUT2D eigenvalue weighted by atomic mass is 10.3. The third-order valence-electron chi connectivity index (χ3n) is 1.38. The lowest BCUT2D eigenvalue weighted by Gasteiger charge is -2.08. The van der Waals surface area contributed by atoms with E-state index in [9.17, 15) is 4.39 Å². The number of nitrogens with one attached hydrogen (secondary N) is 1. The maximum absolute atomic E-state index is 12.5. The lowest BCUT2D eigenvalue weighted by Crippen LogP contribution is -2.10. The van der Waals surface area contributed by atoms with Crippen molar-refractivity contribution in [3.8, 4) is 0 Å². The molecule has 1 aromatic heterocycles. The smallest absolute Gasteiger partial charge is 0.168 e. The van der Waals surface area contributed by atoms with E-state index in [0.717, 1.165) is 10.0 Å². The minimum Gasteiger partial charge on any atom is -0.341 e. The van der Waals surface area contributed by atoms with E-state index in [0.29, 0.717) is 5.82 Å². The van der Waals surface area contributed by atoms with Crippen LogP contribution < -0.4 is 5.32 Å². The summed E-state index contributed by atoms with van der Waals surface area (Å²) < 4.78 is 13.4.